The standard InChI is InChI=1S/C62H81N9O8/c1-38(63-6)55(72)68-54(62(3,4)5)61(78)70-36-45(34-53(70)59(76)67-52-25-15-19-43-17-9-11-21-48(43)52)65-57(74)44-30-26-41(27-31-44)37-79-46-32-28-40(29-33-46)35-71(69-56(73)39(2)64-7)60(77)50-23-13-12-22-49(50)58(75)66-51-24-14-18-42-16-8-10-20-47(42)51/h8-11,16-17,20-21,26-33,38-39,45,49-54,63-64H,12-15,18-19,22-25,34-37H2,1-7H3,(H,65,74)(H,66,75)(H,67,76)(H,68,72)(H,69,73)/t38-,39-,45-,49+,50-,51+,52+,53?,54+/m0/s1. The van der Waals surface area contributed by atoms with Crippen LogP contribution in [0.15, 0.2) is 97.1 Å². The van der Waals surface area contributed by atoms with E-state index in [1.807, 2.05) is 63.2 Å². The van der Waals surface area contributed by atoms with Gasteiger partial charge in [-0.05, 0) is 149 Å². The molecule has 0 aromatic heterocycles. The maximum Gasteiger partial charge on any atom is 0.255 e. The Labute approximate surface area is 465 Å². The van der Waals surface area contributed by atoms with Crippen molar-refractivity contribution in [1.29, 1.82) is 0 Å². The molecule has 1 aliphatic heterocycles. The van der Waals surface area contributed by atoms with Crippen molar-refractivity contribution in [2.45, 2.75) is 161 Å². The van der Waals surface area contributed by atoms with Crippen LogP contribution in [0.3, 0.4) is 0 Å². The van der Waals surface area contributed by atoms with Crippen molar-refractivity contribution in [3.8, 4) is 5.75 Å². The maximum absolute atomic E-state index is 14.6. The van der Waals surface area contributed by atoms with E-state index < -0.39 is 53.4 Å². The van der Waals surface area contributed by atoms with Gasteiger partial charge in [-0.1, -0.05) is 106 Å². The highest BCUT2D eigenvalue weighted by atomic mass is 16.5. The summed E-state index contributed by atoms with van der Waals surface area (Å²) in [6.45, 7) is 9.40. The molecule has 0 bridgehead atoms. The maximum atomic E-state index is 14.6. The highest BCUT2D eigenvalue weighted by Crippen LogP contribution is 2.36. The molecule has 4 aromatic carbocycles. The Morgan fingerprint density at radius 3 is 1.80 bits per heavy atom. The molecule has 17 heteroatoms. The molecule has 4 aromatic rings. The number of rotatable bonds is 18. The summed E-state index contributed by atoms with van der Waals surface area (Å²) >= 11 is 0. The number of hydrogen-bond acceptors (Lipinski definition) is 10. The second kappa shape index (κ2) is 26.2. The van der Waals surface area contributed by atoms with Crippen molar-refractivity contribution in [3.63, 3.8) is 0 Å². The van der Waals surface area contributed by atoms with Gasteiger partial charge in [0.2, 0.25) is 29.5 Å². The summed E-state index contributed by atoms with van der Waals surface area (Å²) < 4.78 is 6.16. The van der Waals surface area contributed by atoms with Gasteiger partial charge in [0.15, 0.2) is 0 Å². The Morgan fingerprint density at radius 2 is 1.20 bits per heavy atom. The van der Waals surface area contributed by atoms with E-state index in [9.17, 15) is 33.6 Å². The number of benzene rings is 4. The minimum Gasteiger partial charge on any atom is -0.489 e. The zero-order valence-electron chi connectivity index (χ0n) is 47.0. The lowest BCUT2D eigenvalue weighted by Gasteiger charge is -2.36. The number of likely N-dealkylation sites (N-methyl/N-ethyl adjacent to an activating group) is 2. The average Bonchev–Trinajstić information content (AvgIpc) is 3.94. The first-order valence-corrected chi connectivity index (χ1v) is 28.4. The third-order valence-electron chi connectivity index (χ3n) is 16.5. The zero-order chi connectivity index (χ0) is 56.4. The number of carbonyl (C=O) groups excluding carboxylic acids is 7. The van der Waals surface area contributed by atoms with Crippen molar-refractivity contribution in [2.75, 3.05) is 20.6 Å². The number of nitrogens with zero attached hydrogens (tertiary/aromatic N) is 2. The third kappa shape index (κ3) is 14.4. The number of nitrogens with one attached hydrogen (secondary N) is 7. The van der Waals surface area contributed by atoms with Crippen LogP contribution in [0.1, 0.15) is 148 Å². The van der Waals surface area contributed by atoms with E-state index in [1.165, 1.54) is 21.0 Å². The molecule has 7 N–H and O–H groups in total. The van der Waals surface area contributed by atoms with Gasteiger partial charge in [-0.3, -0.25) is 39.0 Å². The Balaban J connectivity index is 0.892. The number of carbonyl (C=O) groups is 7. The number of hydrazine groups is 1. The minimum atomic E-state index is -0.941. The molecule has 4 aliphatic rings. The van der Waals surface area contributed by atoms with E-state index in [-0.39, 0.29) is 73.6 Å². The number of hydrogen-bond donors (Lipinski definition) is 7. The third-order valence-corrected chi connectivity index (χ3v) is 16.5. The van der Waals surface area contributed by atoms with Gasteiger partial charge in [-0.25, -0.2) is 5.01 Å². The largest absolute Gasteiger partial charge is 0.489 e. The van der Waals surface area contributed by atoms with Crippen molar-refractivity contribution in [2.24, 2.45) is 17.3 Å². The lowest BCUT2D eigenvalue weighted by molar-refractivity contribution is -0.151. The Kier molecular flexibility index (Phi) is 19.3. The molecular formula is C62H81N9O8. The fourth-order valence-corrected chi connectivity index (χ4v) is 11.5. The van der Waals surface area contributed by atoms with Gasteiger partial charge in [0, 0.05) is 24.1 Å². The van der Waals surface area contributed by atoms with Crippen LogP contribution in [-0.2, 0) is 54.8 Å². The molecule has 7 amide bonds. The second-order valence-corrected chi connectivity index (χ2v) is 23.1. The van der Waals surface area contributed by atoms with Crippen molar-refractivity contribution >= 4 is 41.4 Å². The van der Waals surface area contributed by atoms with Crippen LogP contribution in [0.4, 0.5) is 0 Å². The molecule has 17 nitrogen and oxygen atoms in total. The van der Waals surface area contributed by atoms with Crippen molar-refractivity contribution in [3.05, 3.63) is 136 Å². The topological polar surface area (TPSA) is 219 Å². The van der Waals surface area contributed by atoms with Crippen LogP contribution in [0.5, 0.6) is 5.75 Å². The minimum absolute atomic E-state index is 0.0768. The summed E-state index contributed by atoms with van der Waals surface area (Å²) in [4.78, 5) is 99.3. The van der Waals surface area contributed by atoms with Crippen molar-refractivity contribution < 1.29 is 38.3 Å². The fraction of sp³-hybridized carbons (Fsp3) is 0.500. The van der Waals surface area contributed by atoms with E-state index in [0.29, 0.717) is 24.2 Å². The number of aryl methyl sites for hydroxylation is 2. The molecule has 79 heavy (non-hydrogen) atoms. The summed E-state index contributed by atoms with van der Waals surface area (Å²) in [6, 6.07) is 26.8. The molecule has 3 aliphatic carbocycles. The molecule has 9 atom stereocenters. The molecule has 1 heterocycles. The fourth-order valence-electron chi connectivity index (χ4n) is 11.5. The molecule has 0 radical (unpaired) electrons. The van der Waals surface area contributed by atoms with E-state index in [1.54, 1.807) is 64.3 Å². The molecule has 1 saturated carbocycles. The predicted molar refractivity (Wildman–Crippen MR) is 302 cm³/mol. The Morgan fingerprint density at radius 1 is 0.646 bits per heavy atom. The van der Waals surface area contributed by atoms with Gasteiger partial charge in [0.25, 0.3) is 11.8 Å². The Hall–Kier alpha value is -7.11. The molecule has 422 valence electrons. The first kappa shape index (κ1) is 58.0. The summed E-state index contributed by atoms with van der Waals surface area (Å²) in [6.07, 6.45) is 8.40. The monoisotopic (exact) mass is 1080 g/mol. The predicted octanol–water partition coefficient (Wildman–Crippen LogP) is 6.27. The van der Waals surface area contributed by atoms with E-state index in [0.717, 1.165) is 73.6 Å². The number of fused-ring (bicyclic) bond motifs is 2. The number of ether oxygens (including phenoxy) is 1. The van der Waals surface area contributed by atoms with Crippen LogP contribution in [0.2, 0.25) is 0 Å². The van der Waals surface area contributed by atoms with Crippen LogP contribution in [0, 0.1) is 17.3 Å². The summed E-state index contributed by atoms with van der Waals surface area (Å²) in [5, 5.41) is 19.8. The van der Waals surface area contributed by atoms with Gasteiger partial charge < -0.3 is 41.5 Å². The SMILES string of the molecule is CN[C@@H](C)C(=O)N[C@H](C(=O)N1C[C@@H](NC(=O)c2ccc(COc3ccc(CN(NC(=O)[C@H](C)NC)C(=O)[C@H]4CCCC[C@H]4C(=O)N[C@@H]4CCCc5ccccc54)cc3)cc2)CC1C(=O)N[C@@H]1CCCc2ccccc21)C(C)(C)C. The van der Waals surface area contributed by atoms with Gasteiger partial charge in [0.1, 0.15) is 24.4 Å². The quantitative estimate of drug-likeness (QED) is 0.0555. The smallest absolute Gasteiger partial charge is 0.255 e. The molecular weight excluding hydrogens is 999 g/mol. The van der Waals surface area contributed by atoms with Gasteiger partial charge in [0.05, 0.1) is 36.6 Å². The molecule has 1 unspecified atom stereocenters. The highest BCUT2D eigenvalue weighted by molar-refractivity contribution is 5.96. The summed E-state index contributed by atoms with van der Waals surface area (Å²) in [5.74, 6) is -2.72. The van der Waals surface area contributed by atoms with Gasteiger partial charge in [-0.15, -0.1) is 0 Å². The van der Waals surface area contributed by atoms with Crippen LogP contribution in [-0.4, -0.2) is 102 Å². The molecule has 2 fully saturated rings. The molecule has 1 saturated heterocycles. The molecule has 8 rings (SSSR count). The van der Waals surface area contributed by atoms with Crippen molar-refractivity contribution in [1.82, 2.24) is 47.2 Å². The second-order valence-electron chi connectivity index (χ2n) is 23.1. The molecule has 0 spiro atoms. The average molecular weight is 1080 g/mol. The first-order valence-electron chi connectivity index (χ1n) is 28.4. The Bertz CT molecular complexity index is 2820. The van der Waals surface area contributed by atoms with E-state index >= 15 is 0 Å². The first-order chi connectivity index (χ1) is 37.9. The summed E-state index contributed by atoms with van der Waals surface area (Å²) in [7, 11) is 3.35. The lowest BCUT2D eigenvalue weighted by Crippen LogP contribution is -2.59. The van der Waals surface area contributed by atoms with Gasteiger partial charge >= 0.3 is 0 Å². The number of amides is 7. The van der Waals surface area contributed by atoms with E-state index in [2.05, 4.69) is 55.5 Å². The lowest BCUT2D eigenvalue weighted by atomic mass is 9.77. The van der Waals surface area contributed by atoms with Gasteiger partial charge in [-0.2, -0.15) is 0 Å². The van der Waals surface area contributed by atoms with E-state index in [4.69, 9.17) is 4.74 Å². The normalized spacial score (nSPS) is 21.9. The van der Waals surface area contributed by atoms with Crippen LogP contribution in [0.25, 0.3) is 0 Å². The highest BCUT2D eigenvalue weighted by Gasteiger charge is 2.46. The summed E-state index contributed by atoms with van der Waals surface area (Å²) in [5.41, 5.74) is 8.75. The van der Waals surface area contributed by atoms with Crippen LogP contribution < -0.4 is 42.1 Å². The zero-order valence-corrected chi connectivity index (χ0v) is 47.0. The number of likely N-dealkylation sites (tertiary alicyclic amines) is 1. The van der Waals surface area contributed by atoms with Crippen LogP contribution >= 0.6 is 0 Å².